The normalized spacial score (nSPS) is 17.0. The fourth-order valence-electron chi connectivity index (χ4n) is 3.01. The van der Waals surface area contributed by atoms with E-state index in [1.165, 1.54) is 16.4 Å². The van der Waals surface area contributed by atoms with Crippen molar-refractivity contribution in [2.24, 2.45) is 0 Å². The van der Waals surface area contributed by atoms with E-state index in [0.717, 1.165) is 22.9 Å². The van der Waals surface area contributed by atoms with E-state index in [9.17, 15) is 13.2 Å². The van der Waals surface area contributed by atoms with Gasteiger partial charge in [0.25, 0.3) is 0 Å². The lowest BCUT2D eigenvalue weighted by molar-refractivity contribution is -0.121. The van der Waals surface area contributed by atoms with Gasteiger partial charge in [-0.15, -0.1) is 0 Å². The summed E-state index contributed by atoms with van der Waals surface area (Å²) in [6.45, 7) is 0.965. The fourth-order valence-corrected chi connectivity index (χ4v) is 4.68. The van der Waals surface area contributed by atoms with Crippen molar-refractivity contribution in [3.05, 3.63) is 64.6 Å². The number of carbonyl (C=O) groups excluding carboxylic acids is 1. The first-order valence-corrected chi connectivity index (χ1v) is 11.4. The number of nitrogens with one attached hydrogen (secondary N) is 1. The number of sulfonamides is 1. The van der Waals surface area contributed by atoms with Gasteiger partial charge >= 0.3 is 0 Å². The van der Waals surface area contributed by atoms with Crippen LogP contribution in [0, 0.1) is 0 Å². The minimum Gasteiger partial charge on any atom is -0.376 e. The summed E-state index contributed by atoms with van der Waals surface area (Å²) in [6.07, 6.45) is 1.90. The SMILES string of the molecule is O=C(CN(Cc1ccc(Br)cc1)S(=O)(=O)c1ccccc1)NC[C@H]1CCCO1. The van der Waals surface area contributed by atoms with Gasteiger partial charge in [0, 0.05) is 24.2 Å². The predicted molar refractivity (Wildman–Crippen MR) is 110 cm³/mol. The topological polar surface area (TPSA) is 75.7 Å². The lowest BCUT2D eigenvalue weighted by atomic mass is 10.2. The lowest BCUT2D eigenvalue weighted by Gasteiger charge is -2.22. The molecule has 1 aliphatic heterocycles. The summed E-state index contributed by atoms with van der Waals surface area (Å²) in [5.41, 5.74) is 0.801. The van der Waals surface area contributed by atoms with Gasteiger partial charge in [0.1, 0.15) is 0 Å². The van der Waals surface area contributed by atoms with E-state index in [-0.39, 0.29) is 30.0 Å². The van der Waals surface area contributed by atoms with Gasteiger partial charge in [-0.1, -0.05) is 46.3 Å². The van der Waals surface area contributed by atoms with Crippen LogP contribution in [0.4, 0.5) is 0 Å². The Bertz CT molecular complexity index is 882. The summed E-state index contributed by atoms with van der Waals surface area (Å²) < 4.78 is 33.8. The number of hydrogen-bond donors (Lipinski definition) is 1. The molecular weight excluding hydrogens is 444 g/mol. The van der Waals surface area contributed by atoms with Crippen molar-refractivity contribution in [3.63, 3.8) is 0 Å². The van der Waals surface area contributed by atoms with Crippen LogP contribution in [-0.4, -0.2) is 44.4 Å². The van der Waals surface area contributed by atoms with E-state index in [1.54, 1.807) is 18.2 Å². The van der Waals surface area contributed by atoms with Crippen molar-refractivity contribution in [2.75, 3.05) is 19.7 Å². The molecule has 1 heterocycles. The molecule has 0 unspecified atom stereocenters. The maximum atomic E-state index is 13.1. The van der Waals surface area contributed by atoms with E-state index in [1.807, 2.05) is 24.3 Å². The number of amides is 1. The number of nitrogens with zero attached hydrogens (tertiary/aromatic N) is 1. The Morgan fingerprint density at radius 2 is 1.86 bits per heavy atom. The minimum absolute atomic E-state index is 0.00889. The first-order chi connectivity index (χ1) is 13.4. The van der Waals surface area contributed by atoms with Gasteiger partial charge in [0.05, 0.1) is 17.5 Å². The van der Waals surface area contributed by atoms with Crippen molar-refractivity contribution in [2.45, 2.75) is 30.4 Å². The van der Waals surface area contributed by atoms with Crippen LogP contribution in [0.2, 0.25) is 0 Å². The zero-order valence-electron chi connectivity index (χ0n) is 15.4. The molecule has 8 heteroatoms. The Labute approximate surface area is 174 Å². The van der Waals surface area contributed by atoms with Crippen LogP contribution in [0.15, 0.2) is 64.0 Å². The number of benzene rings is 2. The first-order valence-electron chi connectivity index (χ1n) is 9.13. The van der Waals surface area contributed by atoms with Gasteiger partial charge in [-0.05, 0) is 42.7 Å². The fraction of sp³-hybridized carbons (Fsp3) is 0.350. The molecule has 1 saturated heterocycles. The molecule has 0 saturated carbocycles. The molecule has 2 aromatic rings. The number of rotatable bonds is 8. The minimum atomic E-state index is -3.81. The van der Waals surface area contributed by atoms with E-state index in [2.05, 4.69) is 21.2 Å². The van der Waals surface area contributed by atoms with Crippen molar-refractivity contribution < 1.29 is 17.9 Å². The summed E-state index contributed by atoms with van der Waals surface area (Å²) in [5.74, 6) is -0.341. The molecule has 0 aliphatic carbocycles. The molecule has 3 rings (SSSR count). The van der Waals surface area contributed by atoms with Crippen LogP contribution >= 0.6 is 15.9 Å². The van der Waals surface area contributed by atoms with E-state index in [0.29, 0.717) is 13.2 Å². The summed E-state index contributed by atoms with van der Waals surface area (Å²) in [4.78, 5) is 12.6. The second-order valence-electron chi connectivity index (χ2n) is 6.65. The van der Waals surface area contributed by atoms with Crippen molar-refractivity contribution in [1.29, 1.82) is 0 Å². The molecule has 2 aromatic carbocycles. The summed E-state index contributed by atoms with van der Waals surface area (Å²) in [7, 11) is -3.81. The molecule has 0 aromatic heterocycles. The second kappa shape index (κ2) is 9.65. The maximum absolute atomic E-state index is 13.1. The molecular formula is C20H23BrN2O4S. The number of halogens is 1. The molecule has 6 nitrogen and oxygen atoms in total. The van der Waals surface area contributed by atoms with Gasteiger partial charge < -0.3 is 10.1 Å². The van der Waals surface area contributed by atoms with Crippen LogP contribution < -0.4 is 5.32 Å². The predicted octanol–water partition coefficient (Wildman–Crippen LogP) is 2.94. The Morgan fingerprint density at radius 3 is 2.50 bits per heavy atom. The highest BCUT2D eigenvalue weighted by atomic mass is 79.9. The highest BCUT2D eigenvalue weighted by molar-refractivity contribution is 9.10. The molecule has 28 heavy (non-hydrogen) atoms. The quantitative estimate of drug-likeness (QED) is 0.648. The molecule has 1 fully saturated rings. The number of carbonyl (C=O) groups is 1. The van der Waals surface area contributed by atoms with Gasteiger partial charge in [-0.3, -0.25) is 4.79 Å². The monoisotopic (exact) mass is 466 g/mol. The van der Waals surface area contributed by atoms with E-state index < -0.39 is 10.0 Å². The average molecular weight is 467 g/mol. The zero-order valence-corrected chi connectivity index (χ0v) is 17.8. The van der Waals surface area contributed by atoms with Crippen LogP contribution in [-0.2, 0) is 26.1 Å². The zero-order chi connectivity index (χ0) is 20.0. The van der Waals surface area contributed by atoms with Gasteiger partial charge in [0.2, 0.25) is 15.9 Å². The number of hydrogen-bond acceptors (Lipinski definition) is 4. The highest BCUT2D eigenvalue weighted by Gasteiger charge is 2.27. The molecule has 1 atom stereocenters. The highest BCUT2D eigenvalue weighted by Crippen LogP contribution is 2.19. The first kappa shape index (κ1) is 21.0. The molecule has 150 valence electrons. The maximum Gasteiger partial charge on any atom is 0.243 e. The summed E-state index contributed by atoms with van der Waals surface area (Å²) in [6, 6.07) is 15.5. The van der Waals surface area contributed by atoms with Crippen LogP contribution in [0.5, 0.6) is 0 Å². The Morgan fingerprint density at radius 1 is 1.14 bits per heavy atom. The Kier molecular flexibility index (Phi) is 7.23. The summed E-state index contributed by atoms with van der Waals surface area (Å²) in [5, 5.41) is 2.80. The van der Waals surface area contributed by atoms with Gasteiger partial charge in [0.15, 0.2) is 0 Å². The van der Waals surface area contributed by atoms with Crippen molar-refractivity contribution >= 4 is 31.9 Å². The van der Waals surface area contributed by atoms with Gasteiger partial charge in [-0.25, -0.2) is 8.42 Å². The van der Waals surface area contributed by atoms with E-state index in [4.69, 9.17) is 4.74 Å². The second-order valence-corrected chi connectivity index (χ2v) is 9.51. The number of ether oxygens (including phenoxy) is 1. The molecule has 1 N–H and O–H groups in total. The smallest absolute Gasteiger partial charge is 0.243 e. The molecule has 0 radical (unpaired) electrons. The molecule has 0 spiro atoms. The summed E-state index contributed by atoms with van der Waals surface area (Å²) >= 11 is 3.37. The largest absolute Gasteiger partial charge is 0.376 e. The third-order valence-corrected chi connectivity index (χ3v) is 6.86. The Balaban J connectivity index is 1.75. The lowest BCUT2D eigenvalue weighted by Crippen LogP contribution is -2.42. The van der Waals surface area contributed by atoms with Crippen molar-refractivity contribution in [3.8, 4) is 0 Å². The van der Waals surface area contributed by atoms with Crippen LogP contribution in [0.3, 0.4) is 0 Å². The Hall–Kier alpha value is -1.74. The standard InChI is InChI=1S/C20H23BrN2O4S/c21-17-10-8-16(9-11-17)14-23(28(25,26)19-6-2-1-3-7-19)15-20(24)22-13-18-5-4-12-27-18/h1-3,6-11,18H,4-5,12-15H2,(H,22,24)/t18-/m1/s1. The van der Waals surface area contributed by atoms with E-state index >= 15 is 0 Å². The average Bonchev–Trinajstić information content (AvgIpc) is 3.22. The molecule has 1 aliphatic rings. The third kappa shape index (κ3) is 5.64. The van der Waals surface area contributed by atoms with Gasteiger partial charge in [-0.2, -0.15) is 4.31 Å². The van der Waals surface area contributed by atoms with Crippen LogP contribution in [0.1, 0.15) is 18.4 Å². The molecule has 1 amide bonds. The molecule has 0 bridgehead atoms. The van der Waals surface area contributed by atoms with Crippen LogP contribution in [0.25, 0.3) is 0 Å². The third-order valence-electron chi connectivity index (χ3n) is 4.52. The van der Waals surface area contributed by atoms with Crippen molar-refractivity contribution in [1.82, 2.24) is 9.62 Å².